The molecule has 0 bridgehead atoms. The summed E-state index contributed by atoms with van der Waals surface area (Å²) in [5.74, 6) is 1.47. The molecule has 63 valence electrons. The highest BCUT2D eigenvalue weighted by molar-refractivity contribution is 5.01. The van der Waals surface area contributed by atoms with Crippen LogP contribution in [-0.2, 0) is 0 Å². The molecule has 0 aromatic heterocycles. The molecule has 0 aromatic carbocycles. The van der Waals surface area contributed by atoms with Crippen LogP contribution in [0.4, 0.5) is 0 Å². The molecule has 1 nitrogen and oxygen atoms in total. The molecular formula is C10H18N. The Morgan fingerprint density at radius 3 is 1.91 bits per heavy atom. The molecule has 0 atom stereocenters. The zero-order valence-electron chi connectivity index (χ0n) is 7.64. The van der Waals surface area contributed by atoms with Gasteiger partial charge in [0, 0.05) is 6.54 Å². The molecule has 0 saturated carbocycles. The monoisotopic (exact) mass is 152 g/mol. The molecule has 0 aromatic rings. The molecule has 0 N–H and O–H groups in total. The Balaban J connectivity index is 3.67. The number of hydrogen-bond acceptors (Lipinski definition) is 1. The summed E-state index contributed by atoms with van der Waals surface area (Å²) in [5.41, 5.74) is 0. The van der Waals surface area contributed by atoms with Gasteiger partial charge < -0.3 is 4.90 Å². The third-order valence-electron chi connectivity index (χ3n) is 1.41. The summed E-state index contributed by atoms with van der Waals surface area (Å²) in [6.45, 7) is 8.47. The lowest BCUT2D eigenvalue weighted by Crippen LogP contribution is -2.19. The normalized spacial score (nSPS) is 10.5. The second kappa shape index (κ2) is 6.17. The van der Waals surface area contributed by atoms with Gasteiger partial charge in [0.15, 0.2) is 0 Å². The minimum Gasteiger partial charge on any atom is -0.309 e. The lowest BCUT2D eigenvalue weighted by Gasteiger charge is -2.17. The maximum atomic E-state index is 3.72. The van der Waals surface area contributed by atoms with Gasteiger partial charge in [-0.15, -0.1) is 13.2 Å². The predicted molar refractivity (Wildman–Crippen MR) is 51.4 cm³/mol. The van der Waals surface area contributed by atoms with Crippen LogP contribution >= 0.6 is 0 Å². The van der Waals surface area contributed by atoms with Gasteiger partial charge in [-0.2, -0.15) is 0 Å². The van der Waals surface area contributed by atoms with E-state index in [2.05, 4.69) is 32.2 Å². The van der Waals surface area contributed by atoms with Gasteiger partial charge in [0.2, 0.25) is 0 Å². The van der Waals surface area contributed by atoms with Crippen LogP contribution in [0.3, 0.4) is 0 Å². The van der Waals surface area contributed by atoms with E-state index in [1.165, 1.54) is 5.92 Å². The van der Waals surface area contributed by atoms with Gasteiger partial charge >= 0.3 is 0 Å². The summed E-state index contributed by atoms with van der Waals surface area (Å²) < 4.78 is 0. The fourth-order valence-electron chi connectivity index (χ4n) is 1.07. The predicted octanol–water partition coefficient (Wildman–Crippen LogP) is 2.27. The van der Waals surface area contributed by atoms with E-state index < -0.39 is 0 Å². The summed E-state index contributed by atoms with van der Waals surface area (Å²) in [7, 11) is 4.15. The van der Waals surface area contributed by atoms with Crippen LogP contribution in [0.1, 0.15) is 12.8 Å². The second-order valence-corrected chi connectivity index (χ2v) is 2.97. The highest BCUT2D eigenvalue weighted by atomic mass is 15.1. The van der Waals surface area contributed by atoms with E-state index in [1.807, 2.05) is 12.2 Å². The summed E-state index contributed by atoms with van der Waals surface area (Å²) in [4.78, 5) is 2.17. The standard InChI is InChI=1S/C10H18N/c1-5-7-10(8-6-2)9-11(3)4/h5-6H,1-2,7-9H2,3-4H3. The third-order valence-corrected chi connectivity index (χ3v) is 1.41. The van der Waals surface area contributed by atoms with Gasteiger partial charge in [0.25, 0.3) is 0 Å². The van der Waals surface area contributed by atoms with Crippen molar-refractivity contribution in [2.24, 2.45) is 0 Å². The van der Waals surface area contributed by atoms with Gasteiger partial charge in [-0.3, -0.25) is 0 Å². The van der Waals surface area contributed by atoms with Crippen molar-refractivity contribution in [3.63, 3.8) is 0 Å². The second-order valence-electron chi connectivity index (χ2n) is 2.97. The summed E-state index contributed by atoms with van der Waals surface area (Å²) >= 11 is 0. The van der Waals surface area contributed by atoms with Crippen molar-refractivity contribution in [1.82, 2.24) is 4.90 Å². The Labute approximate surface area is 70.4 Å². The molecule has 0 aliphatic heterocycles. The van der Waals surface area contributed by atoms with E-state index in [9.17, 15) is 0 Å². The lowest BCUT2D eigenvalue weighted by molar-refractivity contribution is 0.413. The maximum Gasteiger partial charge on any atom is 0.00439 e. The smallest absolute Gasteiger partial charge is 0.00439 e. The van der Waals surface area contributed by atoms with Crippen molar-refractivity contribution in [2.45, 2.75) is 12.8 Å². The van der Waals surface area contributed by atoms with E-state index in [-0.39, 0.29) is 0 Å². The average Bonchev–Trinajstić information content (AvgIpc) is 1.87. The van der Waals surface area contributed by atoms with Crippen LogP contribution in [0.25, 0.3) is 0 Å². The van der Waals surface area contributed by atoms with E-state index in [0.29, 0.717) is 0 Å². The summed E-state index contributed by atoms with van der Waals surface area (Å²) in [6, 6.07) is 0. The molecular weight excluding hydrogens is 134 g/mol. The third kappa shape index (κ3) is 5.86. The Kier molecular flexibility index (Phi) is 5.86. The largest absolute Gasteiger partial charge is 0.309 e. The van der Waals surface area contributed by atoms with Crippen LogP contribution in [0.5, 0.6) is 0 Å². The number of nitrogens with zero attached hydrogens (tertiary/aromatic N) is 1. The minimum absolute atomic E-state index is 1.00. The van der Waals surface area contributed by atoms with E-state index in [4.69, 9.17) is 0 Å². The fraction of sp³-hybridized carbons (Fsp3) is 0.500. The molecule has 0 unspecified atom stereocenters. The molecule has 0 saturated heterocycles. The highest BCUT2D eigenvalue weighted by Crippen LogP contribution is 2.12. The van der Waals surface area contributed by atoms with Crippen LogP contribution in [-0.4, -0.2) is 25.5 Å². The molecule has 0 spiro atoms. The van der Waals surface area contributed by atoms with Gasteiger partial charge in [-0.05, 0) is 32.9 Å². The minimum atomic E-state index is 1.00. The van der Waals surface area contributed by atoms with E-state index in [0.717, 1.165) is 19.4 Å². The molecule has 0 aliphatic rings. The first-order valence-corrected chi connectivity index (χ1v) is 3.90. The molecule has 1 heteroatoms. The highest BCUT2D eigenvalue weighted by Gasteiger charge is 2.05. The summed E-state index contributed by atoms with van der Waals surface area (Å²) in [6.07, 6.45) is 5.90. The van der Waals surface area contributed by atoms with Crippen molar-refractivity contribution in [2.75, 3.05) is 20.6 Å². The van der Waals surface area contributed by atoms with Crippen molar-refractivity contribution in [3.8, 4) is 0 Å². The van der Waals surface area contributed by atoms with Gasteiger partial charge in [0.1, 0.15) is 0 Å². The summed E-state index contributed by atoms with van der Waals surface area (Å²) in [5, 5.41) is 0. The fourth-order valence-corrected chi connectivity index (χ4v) is 1.07. The van der Waals surface area contributed by atoms with Gasteiger partial charge in [-0.25, -0.2) is 0 Å². The number of rotatable bonds is 6. The number of hydrogen-bond donors (Lipinski definition) is 0. The Morgan fingerprint density at radius 1 is 1.18 bits per heavy atom. The van der Waals surface area contributed by atoms with E-state index in [1.54, 1.807) is 0 Å². The maximum absolute atomic E-state index is 3.72. The molecule has 0 amide bonds. The quantitative estimate of drug-likeness (QED) is 0.528. The first-order chi connectivity index (χ1) is 5.20. The van der Waals surface area contributed by atoms with Crippen molar-refractivity contribution in [3.05, 3.63) is 31.2 Å². The Morgan fingerprint density at radius 2 is 1.64 bits per heavy atom. The van der Waals surface area contributed by atoms with Crippen LogP contribution in [0.2, 0.25) is 0 Å². The molecule has 0 heterocycles. The van der Waals surface area contributed by atoms with Crippen molar-refractivity contribution < 1.29 is 0 Å². The SMILES string of the molecule is C=CC[C](CC=C)CN(C)C. The van der Waals surface area contributed by atoms with E-state index >= 15 is 0 Å². The van der Waals surface area contributed by atoms with Gasteiger partial charge in [0.05, 0.1) is 0 Å². The first kappa shape index (κ1) is 10.4. The van der Waals surface area contributed by atoms with Gasteiger partial charge in [-0.1, -0.05) is 12.2 Å². The Bertz CT molecular complexity index is 106. The molecule has 0 fully saturated rings. The molecule has 0 aliphatic carbocycles. The first-order valence-electron chi connectivity index (χ1n) is 3.90. The zero-order valence-corrected chi connectivity index (χ0v) is 7.64. The van der Waals surface area contributed by atoms with Crippen LogP contribution < -0.4 is 0 Å². The van der Waals surface area contributed by atoms with Crippen LogP contribution in [0.15, 0.2) is 25.3 Å². The average molecular weight is 152 g/mol. The molecule has 11 heavy (non-hydrogen) atoms. The zero-order chi connectivity index (χ0) is 8.69. The molecule has 0 rings (SSSR count). The van der Waals surface area contributed by atoms with Crippen LogP contribution in [0, 0.1) is 5.92 Å². The topological polar surface area (TPSA) is 3.24 Å². The van der Waals surface area contributed by atoms with Crippen molar-refractivity contribution >= 4 is 0 Å². The Hall–Kier alpha value is -0.560. The lowest BCUT2D eigenvalue weighted by atomic mass is 10.0. The van der Waals surface area contributed by atoms with Crippen molar-refractivity contribution in [1.29, 1.82) is 0 Å². The molecule has 1 radical (unpaired) electrons. The number of allylic oxidation sites excluding steroid dienone is 2.